The molecule has 2 aliphatic carbocycles. The fourth-order valence-corrected chi connectivity index (χ4v) is 7.91. The van der Waals surface area contributed by atoms with Crippen LogP contribution in [0.4, 0.5) is 4.79 Å². The highest BCUT2D eigenvalue weighted by Crippen LogP contribution is 2.71. The lowest BCUT2D eigenvalue weighted by atomic mass is 9.74. The Kier molecular flexibility index (Phi) is 13.3. The number of hydrogen-bond donors (Lipinski definition) is 4. The molecule has 1 aromatic rings. The Bertz CT molecular complexity index is 1480. The number of hydrogen-bond acceptors (Lipinski definition) is 9. The Morgan fingerprint density at radius 3 is 2.18 bits per heavy atom. The van der Waals surface area contributed by atoms with Crippen molar-refractivity contribution in [2.75, 3.05) is 20.6 Å². The molecular weight excluding hydrogens is 675 g/mol. The van der Waals surface area contributed by atoms with Crippen LogP contribution in [0.5, 0.6) is 0 Å². The van der Waals surface area contributed by atoms with E-state index in [9.17, 15) is 33.6 Å². The molecule has 13 nitrogen and oxygen atoms in total. The minimum atomic E-state index is -1.18. The molecule has 1 heterocycles. The third-order valence-electron chi connectivity index (χ3n) is 9.88. The van der Waals surface area contributed by atoms with Gasteiger partial charge in [0.05, 0.1) is 24.5 Å². The number of carbonyl (C=O) groups excluding carboxylic acids is 7. The Labute approximate surface area is 305 Å². The normalized spacial score (nSPS) is 22.3. The first-order valence-electron chi connectivity index (χ1n) is 17.7. The molecule has 0 radical (unpaired) electrons. The fourth-order valence-electron chi connectivity index (χ4n) is 7.14. The molecular formula is C37H57N5O8S. The smallest absolute Gasteiger partial charge is 0.408 e. The lowest BCUT2D eigenvalue weighted by Crippen LogP contribution is -2.55. The van der Waals surface area contributed by atoms with E-state index < -0.39 is 77.1 Å². The molecule has 6 unspecified atom stereocenters. The van der Waals surface area contributed by atoms with Gasteiger partial charge < -0.3 is 30.9 Å². The number of Topliss-reactive ketones (excluding diaryl/α,β-unsaturated/α-hetero) is 2. The van der Waals surface area contributed by atoms with E-state index in [1.807, 2.05) is 27.7 Å². The summed E-state index contributed by atoms with van der Waals surface area (Å²) in [6.45, 7) is 16.2. The van der Waals surface area contributed by atoms with Crippen LogP contribution in [-0.2, 0) is 33.5 Å². The Morgan fingerprint density at radius 2 is 1.65 bits per heavy atom. The fraction of sp³-hybridized carbons (Fsp3) is 0.703. The summed E-state index contributed by atoms with van der Waals surface area (Å²) in [5, 5.41) is 12.3. The molecule has 51 heavy (non-hydrogen) atoms. The van der Waals surface area contributed by atoms with Crippen molar-refractivity contribution in [3.8, 4) is 0 Å². The van der Waals surface area contributed by atoms with E-state index in [-0.39, 0.29) is 35.4 Å². The SMILES string of the molecule is CCCCC(NC(=O)C1C(C(=O)[C@@H](NC(=O)OC(C)(C)C)C(C)(C)C)CC2C1C2(C)C)C(=O)C(=O)NCC(=O)NC(C(=O)N(C)C)c1cccs1. The lowest BCUT2D eigenvalue weighted by molar-refractivity contribution is -0.142. The predicted octanol–water partition coefficient (Wildman–Crippen LogP) is 3.77. The summed E-state index contributed by atoms with van der Waals surface area (Å²) in [6, 6.07) is 0.408. The minimum Gasteiger partial charge on any atom is -0.444 e. The van der Waals surface area contributed by atoms with Crippen molar-refractivity contribution in [1.82, 2.24) is 26.2 Å². The van der Waals surface area contributed by atoms with Gasteiger partial charge in [0.25, 0.3) is 5.91 Å². The van der Waals surface area contributed by atoms with Gasteiger partial charge in [-0.15, -0.1) is 11.3 Å². The first kappa shape index (κ1) is 41.6. The van der Waals surface area contributed by atoms with E-state index in [4.69, 9.17) is 4.74 Å². The van der Waals surface area contributed by atoms with Gasteiger partial charge in [0.2, 0.25) is 23.5 Å². The molecule has 2 saturated carbocycles. The topological polar surface area (TPSA) is 180 Å². The zero-order chi connectivity index (χ0) is 38.6. The largest absolute Gasteiger partial charge is 0.444 e. The van der Waals surface area contributed by atoms with Crippen LogP contribution < -0.4 is 21.3 Å². The first-order valence-corrected chi connectivity index (χ1v) is 18.6. The van der Waals surface area contributed by atoms with E-state index in [1.54, 1.807) is 52.4 Å². The number of nitrogens with zero attached hydrogens (tertiary/aromatic N) is 1. The number of amides is 5. The maximum Gasteiger partial charge on any atom is 0.408 e. The molecule has 7 atom stereocenters. The monoisotopic (exact) mass is 731 g/mol. The van der Waals surface area contributed by atoms with Crippen molar-refractivity contribution in [3.63, 3.8) is 0 Å². The predicted molar refractivity (Wildman–Crippen MR) is 193 cm³/mol. The first-order chi connectivity index (χ1) is 23.5. The quantitative estimate of drug-likeness (QED) is 0.197. The van der Waals surface area contributed by atoms with Gasteiger partial charge >= 0.3 is 6.09 Å². The molecule has 2 aliphatic rings. The van der Waals surface area contributed by atoms with Crippen LogP contribution in [0.1, 0.15) is 98.9 Å². The number of thiophene rings is 1. The van der Waals surface area contributed by atoms with Gasteiger partial charge in [-0.1, -0.05) is 60.5 Å². The maximum absolute atomic E-state index is 14.2. The molecule has 0 spiro atoms. The summed E-state index contributed by atoms with van der Waals surface area (Å²) >= 11 is 1.30. The molecule has 4 N–H and O–H groups in total. The van der Waals surface area contributed by atoms with Gasteiger partial charge in [-0.25, -0.2) is 4.79 Å². The zero-order valence-electron chi connectivity index (χ0n) is 31.9. The van der Waals surface area contributed by atoms with Crippen molar-refractivity contribution in [3.05, 3.63) is 22.4 Å². The summed E-state index contributed by atoms with van der Waals surface area (Å²) in [4.78, 5) is 95.2. The number of fused-ring (bicyclic) bond motifs is 1. The second-order valence-electron chi connectivity index (χ2n) is 16.7. The Hall–Kier alpha value is -3.81. The number of ketones is 2. The van der Waals surface area contributed by atoms with Gasteiger partial charge in [0, 0.05) is 24.9 Å². The molecule has 0 saturated heterocycles. The number of ether oxygens (including phenoxy) is 1. The van der Waals surface area contributed by atoms with Gasteiger partial charge in [-0.3, -0.25) is 28.8 Å². The maximum atomic E-state index is 14.2. The second kappa shape index (κ2) is 16.2. The van der Waals surface area contributed by atoms with Crippen molar-refractivity contribution in [1.29, 1.82) is 0 Å². The zero-order valence-corrected chi connectivity index (χ0v) is 32.7. The lowest BCUT2D eigenvalue weighted by Gasteiger charge is -2.35. The molecule has 2 fully saturated rings. The number of alkyl carbamates (subject to hydrolysis) is 1. The third kappa shape index (κ3) is 10.4. The molecule has 284 valence electrons. The Morgan fingerprint density at radius 1 is 1.00 bits per heavy atom. The molecule has 5 amide bonds. The Balaban J connectivity index is 1.75. The van der Waals surface area contributed by atoms with Crippen LogP contribution in [0.3, 0.4) is 0 Å². The van der Waals surface area contributed by atoms with Crippen molar-refractivity contribution >= 4 is 52.6 Å². The number of carbonyl (C=O) groups is 7. The number of nitrogens with one attached hydrogen (secondary N) is 4. The highest BCUT2D eigenvalue weighted by atomic mass is 32.1. The molecule has 3 rings (SSSR count). The van der Waals surface area contributed by atoms with Crippen LogP contribution in [-0.4, -0.2) is 84.5 Å². The number of rotatable bonds is 15. The van der Waals surface area contributed by atoms with Crippen LogP contribution in [0.25, 0.3) is 0 Å². The third-order valence-corrected chi connectivity index (χ3v) is 10.8. The minimum absolute atomic E-state index is 0.105. The highest BCUT2D eigenvalue weighted by molar-refractivity contribution is 7.10. The van der Waals surface area contributed by atoms with Gasteiger partial charge in [0.15, 0.2) is 5.78 Å². The average Bonchev–Trinajstić information content (AvgIpc) is 3.46. The molecule has 0 aliphatic heterocycles. The van der Waals surface area contributed by atoms with Crippen molar-refractivity contribution < 1.29 is 38.3 Å². The summed E-state index contributed by atoms with van der Waals surface area (Å²) < 4.78 is 5.44. The van der Waals surface area contributed by atoms with Crippen LogP contribution in [0.15, 0.2) is 17.5 Å². The van der Waals surface area contributed by atoms with Crippen molar-refractivity contribution in [2.45, 2.75) is 112 Å². The van der Waals surface area contributed by atoms with Crippen molar-refractivity contribution in [2.24, 2.45) is 34.5 Å². The molecule has 0 bridgehead atoms. The van der Waals surface area contributed by atoms with Crippen LogP contribution in [0, 0.1) is 34.5 Å². The van der Waals surface area contributed by atoms with E-state index in [0.717, 1.165) is 0 Å². The van der Waals surface area contributed by atoms with E-state index in [0.29, 0.717) is 24.1 Å². The van der Waals surface area contributed by atoms with E-state index in [2.05, 4.69) is 35.1 Å². The molecule has 14 heteroatoms. The van der Waals surface area contributed by atoms with E-state index >= 15 is 0 Å². The molecule has 1 aromatic heterocycles. The second-order valence-corrected chi connectivity index (χ2v) is 17.6. The van der Waals surface area contributed by atoms with E-state index in [1.165, 1.54) is 16.2 Å². The number of unbranched alkanes of at least 4 members (excludes halogenated alkanes) is 1. The highest BCUT2D eigenvalue weighted by Gasteiger charge is 2.70. The molecule has 0 aromatic carbocycles. The van der Waals surface area contributed by atoms with Gasteiger partial charge in [-0.2, -0.15) is 0 Å². The van der Waals surface area contributed by atoms with Gasteiger partial charge in [0.1, 0.15) is 11.6 Å². The summed E-state index contributed by atoms with van der Waals surface area (Å²) in [5.41, 5.74) is -1.66. The number of likely N-dealkylation sites (N-methyl/N-ethyl adjacent to an activating group) is 1. The van der Waals surface area contributed by atoms with Crippen LogP contribution in [0.2, 0.25) is 0 Å². The summed E-state index contributed by atoms with van der Waals surface area (Å²) in [6.07, 6.45) is 1.15. The summed E-state index contributed by atoms with van der Waals surface area (Å²) in [7, 11) is 3.14. The van der Waals surface area contributed by atoms with Crippen LogP contribution >= 0.6 is 11.3 Å². The standard InChI is InChI=1S/C37H57N5O8S/c1-12-13-15-22(29(45)32(47)38-19-24(43)40-27(33(48)42(10)11)23-16-14-17-51-23)39-31(46)25-20(18-21-26(25)37(21,8)9)28(44)30(35(2,3)4)41-34(49)50-36(5,6)7/h14,16-17,20-22,25-27,30H,12-13,15,18-19H2,1-11H3,(H,38,47)(H,39,46)(H,40,43)(H,41,49)/t20?,21?,22?,25?,26?,27?,30-/m1/s1. The average molecular weight is 732 g/mol. The summed E-state index contributed by atoms with van der Waals surface area (Å²) in [5.74, 6) is -5.22. The van der Waals surface area contributed by atoms with Gasteiger partial charge in [-0.05, 0) is 67.7 Å².